The van der Waals surface area contributed by atoms with Crippen molar-refractivity contribution in [2.24, 2.45) is 11.8 Å². The molecule has 5 heterocycles. The van der Waals surface area contributed by atoms with Crippen LogP contribution >= 0.6 is 45.9 Å². The van der Waals surface area contributed by atoms with Gasteiger partial charge in [-0.1, -0.05) is 23.2 Å². The molecule has 4 aromatic carbocycles. The van der Waals surface area contributed by atoms with Crippen LogP contribution in [0, 0.1) is 17.7 Å². The molecule has 3 saturated heterocycles. The lowest BCUT2D eigenvalue weighted by atomic mass is 9.81. The van der Waals surface area contributed by atoms with Gasteiger partial charge in [-0.15, -0.1) is 26.4 Å². The topological polar surface area (TPSA) is 214 Å². The number of benzene rings is 4. The van der Waals surface area contributed by atoms with E-state index in [2.05, 4.69) is 14.7 Å². The number of sulfonamides is 3. The Morgan fingerprint density at radius 2 is 1.27 bits per heavy atom. The zero-order valence-corrected chi connectivity index (χ0v) is 40.4. The molecular weight excluding hydrogens is 1010 g/mol. The van der Waals surface area contributed by atoms with E-state index in [9.17, 15) is 44.3 Å². The number of amides is 2. The van der Waals surface area contributed by atoms with E-state index < -0.39 is 52.8 Å². The average Bonchev–Trinajstić information content (AvgIpc) is 4.14. The average molecular weight is 1050 g/mol. The number of rotatable bonds is 12. The summed E-state index contributed by atoms with van der Waals surface area (Å²) in [6.45, 7) is 1.44. The molecule has 2 aromatic heterocycles. The molecule has 352 valence electrons. The van der Waals surface area contributed by atoms with Gasteiger partial charge in [0, 0.05) is 76.6 Å². The first-order chi connectivity index (χ1) is 31.9. The highest BCUT2D eigenvalue weighted by atomic mass is 35.5. The van der Waals surface area contributed by atoms with E-state index in [1.807, 2.05) is 12.1 Å². The maximum absolute atomic E-state index is 13.4. The maximum atomic E-state index is 13.4. The molecule has 0 radical (unpaired) electrons. The van der Waals surface area contributed by atoms with Crippen LogP contribution in [0.4, 0.5) is 26.0 Å². The highest BCUT2D eigenvalue weighted by molar-refractivity contribution is 8.10. The van der Waals surface area contributed by atoms with Crippen LogP contribution in [0.1, 0.15) is 37.4 Å². The largest absolute Gasteiger partial charge is 0.383 e. The highest BCUT2D eigenvalue weighted by Crippen LogP contribution is 2.42. The molecule has 3 fully saturated rings. The van der Waals surface area contributed by atoms with Crippen molar-refractivity contribution in [2.75, 3.05) is 37.9 Å². The lowest BCUT2D eigenvalue weighted by molar-refractivity contribution is -0.124. The normalized spacial score (nSPS) is 20.1. The standard InChI is InChI=1S/C24H23Cl2N3O4S2.C19H16FN3O6S3/c25-17-11-16(12-18(26)14-17)22-13-15(6-9-33-22)21-5-8-29(23(21)30)19-1-3-20(4-2-19)35(31,32)28-24-27-7-10-34-24;20-13-1-5-15(6-2-13)31(26,27)23(19-21-10-12-30-19)32(28,29)16-7-3-14(4-8-16)22-11-9-17(24)18(22)25/h1-4,7,10-12,14-15,21-22H,5-6,8-9,13H2,(H,27,28);1-8,10,12,17,24H,9,11H2/t15?,21-,22-;17-/m11/s1. The van der Waals surface area contributed by atoms with Gasteiger partial charge >= 0.3 is 0 Å². The number of thiazole rings is 2. The molecule has 67 heavy (non-hydrogen) atoms. The Morgan fingerprint density at radius 1 is 0.716 bits per heavy atom. The van der Waals surface area contributed by atoms with E-state index >= 15 is 0 Å². The molecule has 3 aliphatic rings. The molecule has 2 N–H and O–H groups in total. The lowest BCUT2D eigenvalue weighted by Crippen LogP contribution is -2.37. The molecule has 24 heteroatoms. The zero-order chi connectivity index (χ0) is 47.7. The van der Waals surface area contributed by atoms with Crippen LogP contribution in [0.5, 0.6) is 0 Å². The molecule has 0 saturated carbocycles. The van der Waals surface area contributed by atoms with Crippen molar-refractivity contribution in [3.05, 3.63) is 136 Å². The second kappa shape index (κ2) is 19.9. The first kappa shape index (κ1) is 48.4. The van der Waals surface area contributed by atoms with E-state index in [1.165, 1.54) is 70.4 Å². The third kappa shape index (κ3) is 10.5. The van der Waals surface area contributed by atoms with Gasteiger partial charge in [-0.05, 0) is 122 Å². The Morgan fingerprint density at radius 3 is 1.82 bits per heavy atom. The van der Waals surface area contributed by atoms with Crippen LogP contribution in [0.15, 0.2) is 129 Å². The maximum Gasteiger partial charge on any atom is 0.279 e. The van der Waals surface area contributed by atoms with Gasteiger partial charge in [-0.25, -0.2) is 22.8 Å². The number of hydrogen-bond acceptors (Lipinski definition) is 14. The van der Waals surface area contributed by atoms with Crippen LogP contribution in [0.25, 0.3) is 0 Å². The van der Waals surface area contributed by atoms with Crippen LogP contribution in [0.2, 0.25) is 10.0 Å². The van der Waals surface area contributed by atoms with Crippen molar-refractivity contribution in [3.63, 3.8) is 0 Å². The van der Waals surface area contributed by atoms with Gasteiger partial charge in [-0.3, -0.25) is 14.3 Å². The summed E-state index contributed by atoms with van der Waals surface area (Å²) in [7, 11) is -13.1. The minimum absolute atomic E-state index is 0.0660. The van der Waals surface area contributed by atoms with Gasteiger partial charge in [-0.2, -0.15) is 16.8 Å². The van der Waals surface area contributed by atoms with Crippen molar-refractivity contribution in [1.29, 1.82) is 0 Å². The molecule has 0 aliphatic carbocycles. The molecular formula is C43H39Cl2FN6O10S5. The molecule has 2 amide bonds. The van der Waals surface area contributed by atoms with Crippen molar-refractivity contribution in [1.82, 2.24) is 9.97 Å². The predicted molar refractivity (Wildman–Crippen MR) is 252 cm³/mol. The molecule has 1 unspecified atom stereocenters. The zero-order valence-electron chi connectivity index (χ0n) is 34.8. The molecule has 6 aromatic rings. The molecule has 4 atom stereocenters. The SMILES string of the molecule is O=C1[C@@H](C2CCO[C@@H](c3cc(Cl)cc(Cl)c3)C2)CCN1c1ccc(S(=O)(=O)Nc2nccs2)cc1.O=C1[C@H](O)CCN1c1ccc(S(=O)(=O)N(c2nccs2)S(=O)(=O)c2ccc(F)cc2)cc1. The first-order valence-electron chi connectivity index (χ1n) is 20.4. The van der Waals surface area contributed by atoms with Crippen molar-refractivity contribution in [2.45, 2.75) is 52.6 Å². The molecule has 9 rings (SSSR count). The lowest BCUT2D eigenvalue weighted by Gasteiger charge is -2.33. The fourth-order valence-electron chi connectivity index (χ4n) is 7.99. The summed E-state index contributed by atoms with van der Waals surface area (Å²) < 4.78 is 100. The van der Waals surface area contributed by atoms with Crippen LogP contribution in [-0.2, 0) is 44.4 Å². The number of carbonyl (C=O) groups is 2. The van der Waals surface area contributed by atoms with Gasteiger partial charge < -0.3 is 19.6 Å². The number of anilines is 4. The van der Waals surface area contributed by atoms with E-state index in [4.69, 9.17) is 27.9 Å². The van der Waals surface area contributed by atoms with Crippen LogP contribution < -0.4 is 18.2 Å². The Kier molecular flexibility index (Phi) is 14.4. The smallest absolute Gasteiger partial charge is 0.279 e. The summed E-state index contributed by atoms with van der Waals surface area (Å²) in [5.41, 5.74) is 1.99. The van der Waals surface area contributed by atoms with Crippen LogP contribution in [-0.4, -0.2) is 77.9 Å². The fourth-order valence-corrected chi connectivity index (χ4v) is 15.0. The van der Waals surface area contributed by atoms with Crippen molar-refractivity contribution >= 4 is 109 Å². The fraction of sp³-hybridized carbons (Fsp3) is 0.256. The quantitative estimate of drug-likeness (QED) is 0.121. The van der Waals surface area contributed by atoms with E-state index in [0.29, 0.717) is 39.7 Å². The molecule has 0 spiro atoms. The second-order valence-corrected chi connectivity index (χ2v) is 23.6. The van der Waals surface area contributed by atoms with Crippen molar-refractivity contribution < 1.29 is 49.1 Å². The Hall–Kier alpha value is -5.04. The number of nitrogens with one attached hydrogen (secondary N) is 1. The van der Waals surface area contributed by atoms with Crippen molar-refractivity contribution in [3.8, 4) is 0 Å². The number of ether oxygens (including phenoxy) is 1. The molecule has 0 bridgehead atoms. The summed E-state index contributed by atoms with van der Waals surface area (Å²) in [5.74, 6) is -1.03. The number of halogens is 3. The number of aliphatic hydroxyl groups excluding tert-OH is 1. The first-order valence-corrected chi connectivity index (χ1v) is 27.3. The molecule has 3 aliphatic heterocycles. The van der Waals surface area contributed by atoms with Gasteiger partial charge in [0.25, 0.3) is 36.0 Å². The summed E-state index contributed by atoms with van der Waals surface area (Å²) in [5, 5.41) is 13.9. The third-order valence-electron chi connectivity index (χ3n) is 11.3. The second-order valence-electron chi connectivity index (χ2n) is 15.4. The number of aromatic nitrogens is 2. The van der Waals surface area contributed by atoms with E-state index in [1.54, 1.807) is 28.5 Å². The predicted octanol–water partition coefficient (Wildman–Crippen LogP) is 7.74. The third-order valence-corrected chi connectivity index (χ3v) is 19.0. The Balaban J connectivity index is 0.000000182. The number of nitrogens with zero attached hydrogens (tertiary/aromatic N) is 5. The molecule has 16 nitrogen and oxygen atoms in total. The number of carbonyl (C=O) groups excluding carboxylic acids is 2. The van der Waals surface area contributed by atoms with E-state index in [0.717, 1.165) is 60.4 Å². The Labute approximate surface area is 403 Å². The highest BCUT2D eigenvalue weighted by Gasteiger charge is 2.42. The summed E-state index contributed by atoms with van der Waals surface area (Å²) in [4.78, 5) is 35.6. The summed E-state index contributed by atoms with van der Waals surface area (Å²) in [6, 6.07) is 20.6. The minimum Gasteiger partial charge on any atom is -0.383 e. The van der Waals surface area contributed by atoms with Gasteiger partial charge in [0.05, 0.1) is 20.8 Å². The number of hydrogen-bond donors (Lipinski definition) is 2. The van der Waals surface area contributed by atoms with Crippen LogP contribution in [0.3, 0.4) is 0 Å². The van der Waals surface area contributed by atoms with Gasteiger partial charge in [0.15, 0.2) is 5.13 Å². The number of aliphatic hydroxyl groups is 1. The van der Waals surface area contributed by atoms with Gasteiger partial charge in [0.2, 0.25) is 11.0 Å². The minimum atomic E-state index is -4.66. The van der Waals surface area contributed by atoms with Gasteiger partial charge in [0.1, 0.15) is 11.9 Å². The van der Waals surface area contributed by atoms with E-state index in [-0.39, 0.29) is 55.4 Å². The Bertz CT molecular complexity index is 3060. The summed E-state index contributed by atoms with van der Waals surface area (Å²) >= 11 is 14.4. The monoisotopic (exact) mass is 1050 g/mol. The summed E-state index contributed by atoms with van der Waals surface area (Å²) in [6.07, 6.45) is 4.07.